The number of para-hydroxylation sites is 1. The number of benzene rings is 1. The molecule has 14 nitrogen and oxygen atoms in total. The highest BCUT2D eigenvalue weighted by atomic mass is 31.2. The van der Waals surface area contributed by atoms with Crippen molar-refractivity contribution in [3.05, 3.63) is 54.0 Å². The van der Waals surface area contributed by atoms with Crippen LogP contribution in [0.4, 0.5) is 5.82 Å². The number of hydrogen-bond donors (Lipinski definition) is 2. The van der Waals surface area contributed by atoms with Crippen LogP contribution in [0.25, 0.3) is 5.52 Å². The van der Waals surface area contributed by atoms with E-state index >= 15 is 0 Å². The molecule has 0 spiro atoms. The third-order valence-corrected chi connectivity index (χ3v) is 10.5. The zero-order valence-electron chi connectivity index (χ0n) is 25.8. The van der Waals surface area contributed by atoms with Gasteiger partial charge in [-0.15, -0.1) is 0 Å². The van der Waals surface area contributed by atoms with Gasteiger partial charge in [-0.1, -0.05) is 18.2 Å². The maximum absolute atomic E-state index is 14.5. The molecular weight excluding hydrogens is 615 g/mol. The largest absolute Gasteiger partial charge is 0.461 e. The molecule has 46 heavy (non-hydrogen) atoms. The number of nitrogens with one attached hydrogen (secondary N) is 1. The first-order valence-corrected chi connectivity index (χ1v) is 17.1. The van der Waals surface area contributed by atoms with Crippen LogP contribution < -0.4 is 15.3 Å². The second-order valence-corrected chi connectivity index (χ2v) is 14.4. The van der Waals surface area contributed by atoms with Crippen LogP contribution in [-0.2, 0) is 38.4 Å². The lowest BCUT2D eigenvalue weighted by atomic mass is 9.92. The Bertz CT molecular complexity index is 1740. The van der Waals surface area contributed by atoms with Gasteiger partial charge in [0.15, 0.2) is 11.6 Å². The van der Waals surface area contributed by atoms with E-state index in [9.17, 15) is 14.6 Å². The van der Waals surface area contributed by atoms with E-state index in [0.717, 1.165) is 37.7 Å². The number of hydrogen-bond acceptors (Lipinski definition) is 12. The molecule has 1 unspecified atom stereocenters. The van der Waals surface area contributed by atoms with Crippen molar-refractivity contribution in [2.75, 3.05) is 12.3 Å². The number of nitriles is 1. The molecule has 2 aliphatic carbocycles. The van der Waals surface area contributed by atoms with Gasteiger partial charge in [0.25, 0.3) is 0 Å². The molecule has 2 saturated carbocycles. The fourth-order valence-electron chi connectivity index (χ4n) is 6.20. The summed E-state index contributed by atoms with van der Waals surface area (Å²) in [4.78, 5) is 16.9. The van der Waals surface area contributed by atoms with Gasteiger partial charge in [0.05, 0.1) is 12.3 Å². The first kappa shape index (κ1) is 31.1. The van der Waals surface area contributed by atoms with E-state index in [-0.39, 0.29) is 18.5 Å². The summed E-state index contributed by atoms with van der Waals surface area (Å²) in [5.41, 5.74) is 6.13. The summed E-state index contributed by atoms with van der Waals surface area (Å²) in [5, 5.41) is 17.7. The molecule has 4 heterocycles. The predicted molar refractivity (Wildman–Crippen MR) is 162 cm³/mol. The average Bonchev–Trinajstić information content (AvgIpc) is 3.57. The van der Waals surface area contributed by atoms with Crippen molar-refractivity contribution in [3.8, 4) is 11.8 Å². The first-order chi connectivity index (χ1) is 22.0. The second kappa shape index (κ2) is 11.6. The van der Waals surface area contributed by atoms with Crippen molar-refractivity contribution < 1.29 is 37.4 Å². The highest BCUT2D eigenvalue weighted by Gasteiger charge is 2.65. The van der Waals surface area contributed by atoms with Crippen molar-refractivity contribution in [3.63, 3.8) is 0 Å². The molecule has 2 aromatic heterocycles. The predicted octanol–water partition coefficient (Wildman–Crippen LogP) is 4.10. The normalized spacial score (nSPS) is 29.0. The van der Waals surface area contributed by atoms with E-state index < -0.39 is 49.5 Å². The molecule has 7 rings (SSSR count). The lowest BCUT2D eigenvalue weighted by Crippen LogP contribution is -2.40. The van der Waals surface area contributed by atoms with Crippen LogP contribution >= 0.6 is 7.75 Å². The maximum Gasteiger partial charge on any atom is 0.459 e. The number of carbonyl (C=O) groups excluding carboxylic acids is 1. The van der Waals surface area contributed by atoms with E-state index in [1.165, 1.54) is 10.8 Å². The molecule has 0 amide bonds. The van der Waals surface area contributed by atoms with Crippen LogP contribution in [0.15, 0.2) is 42.7 Å². The lowest BCUT2D eigenvalue weighted by Gasteiger charge is -2.30. The summed E-state index contributed by atoms with van der Waals surface area (Å²) < 4.78 is 52.7. The van der Waals surface area contributed by atoms with E-state index in [4.69, 9.17) is 33.7 Å². The standard InChI is InChI=1S/C31H37N6O8P/c1-18(29(38)41-20-7-6-8-20)36-46(39,45-23-10-5-4-9-21(23)19-11-12-19)40-15-24-26-27(44-30(2,3)43-26)31(16-32,42-24)25-14-13-22-28(33)34-17-35-37(22)25/h4-5,9-10,13-14,17-20,24,26-27H,6-8,11-12,15H2,1-3H3,(H,36,39)(H2,33,34,35)/t18-,24+,26+,27+,31-,46?/m0/s1. The van der Waals surface area contributed by atoms with Crippen molar-refractivity contribution in [1.29, 1.82) is 5.26 Å². The Kier molecular flexibility index (Phi) is 7.83. The molecule has 2 saturated heterocycles. The van der Waals surface area contributed by atoms with Gasteiger partial charge in [0.2, 0.25) is 5.60 Å². The summed E-state index contributed by atoms with van der Waals surface area (Å²) in [6.07, 6.45) is 3.09. The summed E-state index contributed by atoms with van der Waals surface area (Å²) in [7, 11) is -4.25. The first-order valence-electron chi connectivity index (χ1n) is 15.6. The fourth-order valence-corrected chi connectivity index (χ4v) is 7.72. The minimum absolute atomic E-state index is 0.148. The molecule has 3 aromatic rings. The van der Waals surface area contributed by atoms with E-state index in [1.54, 1.807) is 45.0 Å². The number of nitrogen functional groups attached to an aromatic ring is 1. The SMILES string of the molecule is C[C@H](NP(=O)(OC[C@H]1O[C@@](C#N)(c2ccc3c(N)ncnn23)[C@@H]2OC(C)(C)O[C@@H]21)Oc1ccccc1C1CC1)C(=O)OC1CCC1. The number of fused-ring (bicyclic) bond motifs is 2. The number of nitrogens with zero attached hydrogens (tertiary/aromatic N) is 4. The van der Waals surface area contributed by atoms with Crippen LogP contribution in [0, 0.1) is 11.3 Å². The molecule has 4 fully saturated rings. The van der Waals surface area contributed by atoms with Gasteiger partial charge in [-0.05, 0) is 82.6 Å². The van der Waals surface area contributed by atoms with Crippen molar-refractivity contribution in [2.45, 2.75) is 101 Å². The Morgan fingerprint density at radius 3 is 2.70 bits per heavy atom. The number of ether oxygens (including phenoxy) is 4. The van der Waals surface area contributed by atoms with Crippen LogP contribution in [0.3, 0.4) is 0 Å². The van der Waals surface area contributed by atoms with Crippen molar-refractivity contribution >= 4 is 25.1 Å². The minimum atomic E-state index is -4.25. The van der Waals surface area contributed by atoms with Crippen LogP contribution in [0.1, 0.15) is 70.1 Å². The number of aromatic nitrogens is 3. The number of anilines is 1. The molecule has 15 heteroatoms. The second-order valence-electron chi connectivity index (χ2n) is 12.7. The third kappa shape index (κ3) is 5.65. The highest BCUT2D eigenvalue weighted by molar-refractivity contribution is 7.52. The quantitative estimate of drug-likeness (QED) is 0.223. The molecule has 0 radical (unpaired) electrons. The summed E-state index contributed by atoms with van der Waals surface area (Å²) >= 11 is 0. The molecule has 4 aliphatic rings. The summed E-state index contributed by atoms with van der Waals surface area (Å²) in [6.45, 7) is 4.70. The minimum Gasteiger partial charge on any atom is -0.461 e. The number of rotatable bonds is 11. The van der Waals surface area contributed by atoms with Gasteiger partial charge in [0.1, 0.15) is 54.1 Å². The van der Waals surface area contributed by atoms with Gasteiger partial charge in [0, 0.05) is 0 Å². The maximum atomic E-state index is 14.5. The van der Waals surface area contributed by atoms with Crippen molar-refractivity contribution in [2.24, 2.45) is 0 Å². The zero-order valence-corrected chi connectivity index (χ0v) is 26.7. The Morgan fingerprint density at radius 2 is 1.98 bits per heavy atom. The smallest absolute Gasteiger partial charge is 0.459 e. The van der Waals surface area contributed by atoms with Gasteiger partial charge in [-0.2, -0.15) is 15.4 Å². The highest BCUT2D eigenvalue weighted by Crippen LogP contribution is 2.53. The Labute approximate surface area is 266 Å². The number of nitrogens with two attached hydrogens (primary N) is 1. The third-order valence-electron chi connectivity index (χ3n) is 8.87. The molecule has 244 valence electrons. The summed E-state index contributed by atoms with van der Waals surface area (Å²) in [6, 6.07) is 12.0. The zero-order chi connectivity index (χ0) is 32.3. The number of esters is 1. The molecule has 3 N–H and O–H groups in total. The van der Waals surface area contributed by atoms with Gasteiger partial charge >= 0.3 is 13.7 Å². The molecule has 2 aliphatic heterocycles. The van der Waals surface area contributed by atoms with Gasteiger partial charge in [-0.3, -0.25) is 9.32 Å². The van der Waals surface area contributed by atoms with E-state index in [1.807, 2.05) is 12.1 Å². The Hall–Kier alpha value is -3.57. The Morgan fingerprint density at radius 1 is 1.20 bits per heavy atom. The van der Waals surface area contributed by atoms with Crippen LogP contribution in [0.2, 0.25) is 0 Å². The van der Waals surface area contributed by atoms with Crippen molar-refractivity contribution in [1.82, 2.24) is 19.7 Å². The lowest BCUT2D eigenvalue weighted by molar-refractivity contribution is -0.204. The molecule has 1 aromatic carbocycles. The van der Waals surface area contributed by atoms with Crippen LogP contribution in [0.5, 0.6) is 5.75 Å². The summed E-state index contributed by atoms with van der Waals surface area (Å²) in [5.74, 6) is -0.698. The molecule has 0 bridgehead atoms. The molecule has 6 atom stereocenters. The Balaban J connectivity index is 1.18. The van der Waals surface area contributed by atoms with Gasteiger partial charge < -0.3 is 29.2 Å². The van der Waals surface area contributed by atoms with Crippen LogP contribution in [-0.4, -0.2) is 63.4 Å². The average molecular weight is 653 g/mol. The monoisotopic (exact) mass is 652 g/mol. The fraction of sp³-hybridized carbons (Fsp3) is 0.548. The molecular formula is C31H37N6O8P. The van der Waals surface area contributed by atoms with E-state index in [0.29, 0.717) is 22.9 Å². The number of carbonyl (C=O) groups is 1. The van der Waals surface area contributed by atoms with E-state index in [2.05, 4.69) is 21.2 Å². The topological polar surface area (TPSA) is 182 Å². The van der Waals surface area contributed by atoms with Gasteiger partial charge in [-0.25, -0.2) is 14.1 Å².